The number of thiophene rings is 1. The van der Waals surface area contributed by atoms with E-state index in [9.17, 15) is 9.59 Å². The summed E-state index contributed by atoms with van der Waals surface area (Å²) in [6.45, 7) is 4.17. The molecule has 0 atom stereocenters. The number of carbonyl (C=O) groups is 2. The fourth-order valence-corrected chi connectivity index (χ4v) is 3.66. The predicted molar refractivity (Wildman–Crippen MR) is 124 cm³/mol. The number of halogens is 2. The molecule has 154 valence electrons. The molecule has 0 aliphatic rings. The van der Waals surface area contributed by atoms with Crippen molar-refractivity contribution in [1.82, 2.24) is 10.6 Å². The van der Waals surface area contributed by atoms with Crippen molar-refractivity contribution < 1.29 is 9.59 Å². The minimum absolute atomic E-state index is 0.167. The van der Waals surface area contributed by atoms with E-state index in [0.717, 1.165) is 21.6 Å². The molecule has 2 N–H and O–H groups in total. The first kappa shape index (κ1) is 22.1. The third-order valence-corrected chi connectivity index (χ3v) is 6.09. The standard InChI is InChI=1S/C23H20Cl2N2O2S/c1-14-5-7-17(10-15(14)2)22(28)27-21(12-18-4-3-9-30-18)23(29)26-13-16-6-8-19(24)20(25)11-16/h3-12H,13H2,1-2H3,(H,26,29)(H,27,28). The molecule has 0 aliphatic heterocycles. The van der Waals surface area contributed by atoms with Gasteiger partial charge in [0, 0.05) is 17.0 Å². The van der Waals surface area contributed by atoms with Gasteiger partial charge in [0.1, 0.15) is 5.70 Å². The van der Waals surface area contributed by atoms with E-state index in [1.165, 1.54) is 11.3 Å². The van der Waals surface area contributed by atoms with E-state index in [4.69, 9.17) is 23.2 Å². The smallest absolute Gasteiger partial charge is 0.268 e. The van der Waals surface area contributed by atoms with Gasteiger partial charge in [-0.1, -0.05) is 41.4 Å². The number of amides is 2. The summed E-state index contributed by atoms with van der Waals surface area (Å²) in [5.41, 5.74) is 3.57. The van der Waals surface area contributed by atoms with Crippen molar-refractivity contribution in [3.8, 4) is 0 Å². The predicted octanol–water partition coefficient (Wildman–Crippen LogP) is 5.76. The van der Waals surface area contributed by atoms with Gasteiger partial charge in [-0.2, -0.15) is 0 Å². The number of aryl methyl sites for hydroxylation is 2. The van der Waals surface area contributed by atoms with Crippen LogP contribution in [0.3, 0.4) is 0 Å². The Bertz CT molecular complexity index is 1110. The van der Waals surface area contributed by atoms with Gasteiger partial charge in [0.2, 0.25) is 0 Å². The maximum absolute atomic E-state index is 12.8. The summed E-state index contributed by atoms with van der Waals surface area (Å²) in [5.74, 6) is -0.739. The molecule has 3 aromatic rings. The minimum atomic E-state index is -0.397. The number of hydrogen-bond acceptors (Lipinski definition) is 3. The lowest BCUT2D eigenvalue weighted by Crippen LogP contribution is -2.34. The van der Waals surface area contributed by atoms with Crippen LogP contribution in [0.1, 0.15) is 31.9 Å². The van der Waals surface area contributed by atoms with Gasteiger partial charge in [0.25, 0.3) is 11.8 Å². The Hall–Kier alpha value is -2.60. The maximum atomic E-state index is 12.8. The summed E-state index contributed by atoms with van der Waals surface area (Å²) in [6.07, 6.45) is 1.66. The second-order valence-corrected chi connectivity index (χ2v) is 8.55. The van der Waals surface area contributed by atoms with E-state index in [0.29, 0.717) is 15.6 Å². The van der Waals surface area contributed by atoms with Crippen molar-refractivity contribution in [1.29, 1.82) is 0 Å². The van der Waals surface area contributed by atoms with Gasteiger partial charge < -0.3 is 10.6 Å². The molecule has 1 aromatic heterocycles. The lowest BCUT2D eigenvalue weighted by molar-refractivity contribution is -0.117. The number of benzene rings is 2. The van der Waals surface area contributed by atoms with Gasteiger partial charge in [-0.15, -0.1) is 11.3 Å². The van der Waals surface area contributed by atoms with Gasteiger partial charge in [0.15, 0.2) is 0 Å². The minimum Gasteiger partial charge on any atom is -0.347 e. The molecule has 2 aromatic carbocycles. The summed E-state index contributed by atoms with van der Waals surface area (Å²) in [6, 6.07) is 14.3. The molecule has 3 rings (SSSR count). The highest BCUT2D eigenvalue weighted by Crippen LogP contribution is 2.22. The van der Waals surface area contributed by atoms with Crippen LogP contribution in [0.5, 0.6) is 0 Å². The lowest BCUT2D eigenvalue weighted by Gasteiger charge is -2.12. The largest absolute Gasteiger partial charge is 0.347 e. The second kappa shape index (κ2) is 9.94. The molecule has 0 saturated heterocycles. The molecule has 0 unspecified atom stereocenters. The molecule has 2 amide bonds. The Labute approximate surface area is 189 Å². The van der Waals surface area contributed by atoms with Crippen LogP contribution in [0.15, 0.2) is 59.6 Å². The van der Waals surface area contributed by atoms with Crippen LogP contribution < -0.4 is 10.6 Å². The molecule has 7 heteroatoms. The van der Waals surface area contributed by atoms with Crippen LogP contribution in [0, 0.1) is 13.8 Å². The third kappa shape index (κ3) is 5.72. The van der Waals surface area contributed by atoms with Crippen LogP contribution in [0.25, 0.3) is 6.08 Å². The molecular formula is C23H20Cl2N2O2S. The summed E-state index contributed by atoms with van der Waals surface area (Å²) < 4.78 is 0. The van der Waals surface area contributed by atoms with Crippen molar-refractivity contribution in [2.75, 3.05) is 0 Å². The SMILES string of the molecule is Cc1ccc(C(=O)NC(=Cc2cccs2)C(=O)NCc2ccc(Cl)c(Cl)c2)cc1C. The summed E-state index contributed by atoms with van der Waals surface area (Å²) in [7, 11) is 0. The van der Waals surface area contributed by atoms with E-state index < -0.39 is 5.91 Å². The number of hydrogen-bond donors (Lipinski definition) is 2. The average Bonchev–Trinajstić information content (AvgIpc) is 3.23. The Morgan fingerprint density at radius 1 is 1.00 bits per heavy atom. The van der Waals surface area contributed by atoms with Gasteiger partial charge >= 0.3 is 0 Å². The van der Waals surface area contributed by atoms with Crippen LogP contribution in [0.4, 0.5) is 0 Å². The molecule has 0 aliphatic carbocycles. The highest BCUT2D eigenvalue weighted by Gasteiger charge is 2.15. The summed E-state index contributed by atoms with van der Waals surface area (Å²) in [5, 5.41) is 8.33. The van der Waals surface area contributed by atoms with Crippen LogP contribution >= 0.6 is 34.5 Å². The van der Waals surface area contributed by atoms with Gasteiger partial charge in [-0.05, 0) is 72.3 Å². The maximum Gasteiger partial charge on any atom is 0.268 e. The first-order valence-corrected chi connectivity index (χ1v) is 10.8. The summed E-state index contributed by atoms with van der Waals surface area (Å²) >= 11 is 13.4. The van der Waals surface area contributed by atoms with Crippen molar-refractivity contribution in [3.63, 3.8) is 0 Å². The fourth-order valence-electron chi connectivity index (χ4n) is 2.68. The Morgan fingerprint density at radius 3 is 2.47 bits per heavy atom. The first-order valence-electron chi connectivity index (χ1n) is 9.19. The first-order chi connectivity index (χ1) is 14.3. The van der Waals surface area contributed by atoms with Crippen molar-refractivity contribution in [2.24, 2.45) is 0 Å². The van der Waals surface area contributed by atoms with E-state index >= 15 is 0 Å². The molecule has 0 spiro atoms. The van der Waals surface area contributed by atoms with Crippen LogP contribution in [-0.4, -0.2) is 11.8 Å². The van der Waals surface area contributed by atoms with Crippen molar-refractivity contribution >= 4 is 52.4 Å². The fraction of sp³-hybridized carbons (Fsp3) is 0.130. The van der Waals surface area contributed by atoms with E-state index in [-0.39, 0.29) is 18.1 Å². The van der Waals surface area contributed by atoms with E-state index in [2.05, 4.69) is 10.6 Å². The number of nitrogens with one attached hydrogen (secondary N) is 2. The van der Waals surface area contributed by atoms with Crippen molar-refractivity contribution in [3.05, 3.63) is 96.8 Å². The molecule has 0 fully saturated rings. The van der Waals surface area contributed by atoms with Gasteiger partial charge in [-0.3, -0.25) is 9.59 Å². The zero-order valence-electron chi connectivity index (χ0n) is 16.5. The normalized spacial score (nSPS) is 11.3. The monoisotopic (exact) mass is 458 g/mol. The van der Waals surface area contributed by atoms with Crippen molar-refractivity contribution in [2.45, 2.75) is 20.4 Å². The number of rotatable bonds is 6. The Balaban J connectivity index is 1.78. The highest BCUT2D eigenvalue weighted by molar-refractivity contribution is 7.10. The van der Waals surface area contributed by atoms with Crippen LogP contribution in [0.2, 0.25) is 10.0 Å². The molecule has 0 radical (unpaired) electrons. The van der Waals surface area contributed by atoms with Crippen LogP contribution in [-0.2, 0) is 11.3 Å². The molecular weight excluding hydrogens is 439 g/mol. The quantitative estimate of drug-likeness (QED) is 0.461. The molecule has 30 heavy (non-hydrogen) atoms. The third-order valence-electron chi connectivity index (χ3n) is 4.53. The second-order valence-electron chi connectivity index (χ2n) is 6.76. The summed E-state index contributed by atoms with van der Waals surface area (Å²) in [4.78, 5) is 26.4. The van der Waals surface area contributed by atoms with Gasteiger partial charge in [0.05, 0.1) is 10.0 Å². The molecule has 4 nitrogen and oxygen atoms in total. The number of carbonyl (C=O) groups excluding carboxylic acids is 2. The molecule has 1 heterocycles. The lowest BCUT2D eigenvalue weighted by atomic mass is 10.1. The highest BCUT2D eigenvalue weighted by atomic mass is 35.5. The Kier molecular flexibility index (Phi) is 7.32. The Morgan fingerprint density at radius 2 is 1.80 bits per heavy atom. The molecule has 0 saturated carbocycles. The van der Waals surface area contributed by atoms with Gasteiger partial charge in [-0.25, -0.2) is 0 Å². The zero-order chi connectivity index (χ0) is 21.7. The average molecular weight is 459 g/mol. The van der Waals surface area contributed by atoms with E-state index in [1.54, 1.807) is 36.4 Å². The zero-order valence-corrected chi connectivity index (χ0v) is 18.8. The van der Waals surface area contributed by atoms with E-state index in [1.807, 2.05) is 37.4 Å². The molecule has 0 bridgehead atoms. The topological polar surface area (TPSA) is 58.2 Å².